The van der Waals surface area contributed by atoms with E-state index < -0.39 is 5.97 Å². The molecule has 0 aliphatic heterocycles. The standard InChI is InChI=1S/C14H17N3O4/c1-4-19-13(18)11-8-20-14(16-11)21-12-7-9(17(2)3)5-6-10(12)15/h5-8H,4,15H2,1-3H3. The first kappa shape index (κ1) is 14.7. The van der Waals surface area contributed by atoms with Crippen molar-refractivity contribution in [2.45, 2.75) is 6.92 Å². The number of nitrogens with zero attached hydrogens (tertiary/aromatic N) is 2. The molecule has 0 fully saturated rings. The van der Waals surface area contributed by atoms with Crippen molar-refractivity contribution in [3.8, 4) is 11.8 Å². The molecule has 2 aromatic rings. The number of hydrogen-bond donors (Lipinski definition) is 1. The van der Waals surface area contributed by atoms with Crippen molar-refractivity contribution in [2.24, 2.45) is 0 Å². The predicted molar refractivity (Wildman–Crippen MR) is 77.7 cm³/mol. The Balaban J connectivity index is 2.18. The first-order valence-corrected chi connectivity index (χ1v) is 6.38. The number of carbonyl (C=O) groups is 1. The summed E-state index contributed by atoms with van der Waals surface area (Å²) < 4.78 is 15.4. The molecular formula is C14H17N3O4. The molecule has 112 valence electrons. The lowest BCUT2D eigenvalue weighted by molar-refractivity contribution is 0.0519. The molecule has 0 saturated carbocycles. The van der Waals surface area contributed by atoms with Crippen molar-refractivity contribution in [3.63, 3.8) is 0 Å². The first-order chi connectivity index (χ1) is 10.0. The van der Waals surface area contributed by atoms with Crippen LogP contribution < -0.4 is 15.4 Å². The summed E-state index contributed by atoms with van der Waals surface area (Å²) in [4.78, 5) is 17.3. The average molecular weight is 291 g/mol. The van der Waals surface area contributed by atoms with Gasteiger partial charge >= 0.3 is 12.0 Å². The van der Waals surface area contributed by atoms with Crippen LogP contribution in [0.25, 0.3) is 0 Å². The monoisotopic (exact) mass is 291 g/mol. The van der Waals surface area contributed by atoms with Crippen LogP contribution in [0.3, 0.4) is 0 Å². The van der Waals surface area contributed by atoms with Gasteiger partial charge in [0.25, 0.3) is 0 Å². The van der Waals surface area contributed by atoms with Gasteiger partial charge in [0.15, 0.2) is 11.4 Å². The van der Waals surface area contributed by atoms with Crippen molar-refractivity contribution in [3.05, 3.63) is 30.2 Å². The lowest BCUT2D eigenvalue weighted by Crippen LogP contribution is -2.08. The normalized spacial score (nSPS) is 10.2. The molecule has 0 spiro atoms. The highest BCUT2D eigenvalue weighted by atomic mass is 16.6. The Kier molecular flexibility index (Phi) is 4.32. The van der Waals surface area contributed by atoms with Gasteiger partial charge < -0.3 is 24.5 Å². The van der Waals surface area contributed by atoms with Crippen LogP contribution in [0.2, 0.25) is 0 Å². The molecular weight excluding hydrogens is 274 g/mol. The molecule has 0 amide bonds. The fourth-order valence-electron chi connectivity index (χ4n) is 1.59. The summed E-state index contributed by atoms with van der Waals surface area (Å²) in [6, 6.07) is 5.34. The van der Waals surface area contributed by atoms with E-state index in [9.17, 15) is 4.79 Å². The number of esters is 1. The van der Waals surface area contributed by atoms with E-state index in [4.69, 9.17) is 19.6 Å². The molecule has 2 N–H and O–H groups in total. The molecule has 0 unspecified atom stereocenters. The quantitative estimate of drug-likeness (QED) is 0.667. The number of hydrogen-bond acceptors (Lipinski definition) is 7. The van der Waals surface area contributed by atoms with Crippen LogP contribution >= 0.6 is 0 Å². The largest absolute Gasteiger partial charge is 0.461 e. The van der Waals surface area contributed by atoms with Crippen LogP contribution in [0.4, 0.5) is 11.4 Å². The maximum absolute atomic E-state index is 11.5. The molecule has 7 nitrogen and oxygen atoms in total. The van der Waals surface area contributed by atoms with Crippen molar-refractivity contribution >= 4 is 17.3 Å². The molecule has 0 bridgehead atoms. The number of rotatable bonds is 5. The van der Waals surface area contributed by atoms with Crippen molar-refractivity contribution in [1.82, 2.24) is 4.98 Å². The average Bonchev–Trinajstić information content (AvgIpc) is 2.90. The zero-order chi connectivity index (χ0) is 15.4. The molecule has 0 saturated heterocycles. The number of anilines is 2. The third kappa shape index (κ3) is 3.44. The predicted octanol–water partition coefficient (Wildman–Crippen LogP) is 2.29. The first-order valence-electron chi connectivity index (χ1n) is 6.38. The number of aromatic nitrogens is 1. The Morgan fingerprint density at radius 3 is 2.86 bits per heavy atom. The van der Waals surface area contributed by atoms with Gasteiger partial charge in [-0.05, 0) is 19.1 Å². The van der Waals surface area contributed by atoms with Gasteiger partial charge in [0.05, 0.1) is 12.3 Å². The summed E-state index contributed by atoms with van der Waals surface area (Å²) in [6.45, 7) is 1.97. The van der Waals surface area contributed by atoms with Gasteiger partial charge in [-0.3, -0.25) is 0 Å². The highest BCUT2D eigenvalue weighted by Gasteiger charge is 2.15. The zero-order valence-electron chi connectivity index (χ0n) is 12.1. The van der Waals surface area contributed by atoms with E-state index in [1.54, 1.807) is 19.1 Å². The summed E-state index contributed by atoms with van der Waals surface area (Å²) in [5, 5.41) is 0. The van der Waals surface area contributed by atoms with Crippen molar-refractivity contribution in [1.29, 1.82) is 0 Å². The fourth-order valence-corrected chi connectivity index (χ4v) is 1.59. The minimum absolute atomic E-state index is 0.0502. The van der Waals surface area contributed by atoms with E-state index in [0.29, 0.717) is 11.4 Å². The Morgan fingerprint density at radius 1 is 1.43 bits per heavy atom. The van der Waals surface area contributed by atoms with E-state index in [0.717, 1.165) is 5.69 Å². The van der Waals surface area contributed by atoms with Crippen molar-refractivity contribution < 1.29 is 18.7 Å². The second-order valence-electron chi connectivity index (χ2n) is 4.44. The van der Waals surface area contributed by atoms with E-state index >= 15 is 0 Å². The zero-order valence-corrected chi connectivity index (χ0v) is 12.1. The number of ether oxygens (including phenoxy) is 2. The molecule has 0 aliphatic rings. The number of benzene rings is 1. The molecule has 7 heteroatoms. The highest BCUT2D eigenvalue weighted by molar-refractivity contribution is 5.86. The molecule has 21 heavy (non-hydrogen) atoms. The fraction of sp³-hybridized carbons (Fsp3) is 0.286. The van der Waals surface area contributed by atoms with E-state index in [-0.39, 0.29) is 18.4 Å². The summed E-state index contributed by atoms with van der Waals surface area (Å²) in [5.74, 6) is -0.162. The van der Waals surface area contributed by atoms with Crippen LogP contribution in [0.15, 0.2) is 28.9 Å². The molecule has 1 aromatic heterocycles. The number of oxazole rings is 1. The third-order valence-corrected chi connectivity index (χ3v) is 2.68. The highest BCUT2D eigenvalue weighted by Crippen LogP contribution is 2.30. The van der Waals surface area contributed by atoms with E-state index in [1.165, 1.54) is 6.26 Å². The van der Waals surface area contributed by atoms with E-state index in [2.05, 4.69) is 4.98 Å². The molecule has 0 aliphatic carbocycles. The van der Waals surface area contributed by atoms with Gasteiger partial charge in [0.1, 0.15) is 6.26 Å². The lowest BCUT2D eigenvalue weighted by atomic mass is 10.2. The molecule has 0 radical (unpaired) electrons. The van der Waals surface area contributed by atoms with Crippen molar-refractivity contribution in [2.75, 3.05) is 31.3 Å². The Morgan fingerprint density at radius 2 is 2.19 bits per heavy atom. The van der Waals surface area contributed by atoms with Gasteiger partial charge in [0, 0.05) is 25.8 Å². The topological polar surface area (TPSA) is 90.8 Å². The lowest BCUT2D eigenvalue weighted by Gasteiger charge is -2.14. The van der Waals surface area contributed by atoms with Gasteiger partial charge in [-0.1, -0.05) is 0 Å². The number of carbonyl (C=O) groups excluding carboxylic acids is 1. The second-order valence-corrected chi connectivity index (χ2v) is 4.44. The molecule has 1 heterocycles. The maximum atomic E-state index is 11.5. The van der Waals surface area contributed by atoms with Crippen LogP contribution in [0.5, 0.6) is 11.8 Å². The number of nitrogen functional groups attached to an aromatic ring is 1. The Bertz CT molecular complexity index is 637. The SMILES string of the molecule is CCOC(=O)c1coc(Oc2cc(N(C)C)ccc2N)n1. The third-order valence-electron chi connectivity index (χ3n) is 2.68. The second kappa shape index (κ2) is 6.17. The van der Waals surface area contributed by atoms with E-state index in [1.807, 2.05) is 25.1 Å². The minimum Gasteiger partial charge on any atom is -0.461 e. The van der Waals surface area contributed by atoms with Gasteiger partial charge in [-0.15, -0.1) is 0 Å². The summed E-state index contributed by atoms with van der Waals surface area (Å²) >= 11 is 0. The molecule has 2 rings (SSSR count). The van der Waals surface area contributed by atoms with Crippen LogP contribution in [0.1, 0.15) is 17.4 Å². The Labute approximate surface area is 122 Å². The van der Waals surface area contributed by atoms with Gasteiger partial charge in [-0.2, -0.15) is 4.98 Å². The maximum Gasteiger partial charge on any atom is 0.399 e. The van der Waals surface area contributed by atoms with Gasteiger partial charge in [-0.25, -0.2) is 4.79 Å². The summed E-state index contributed by atoms with van der Waals surface area (Å²) in [7, 11) is 3.80. The van der Waals surface area contributed by atoms with Crippen LogP contribution in [-0.4, -0.2) is 31.7 Å². The Hall–Kier alpha value is -2.70. The summed E-state index contributed by atoms with van der Waals surface area (Å²) in [5.41, 5.74) is 7.25. The summed E-state index contributed by atoms with van der Waals surface area (Å²) in [6.07, 6.45) is 1.11. The number of nitrogens with two attached hydrogens (primary N) is 1. The molecule has 0 atom stereocenters. The smallest absolute Gasteiger partial charge is 0.399 e. The van der Waals surface area contributed by atoms with Gasteiger partial charge in [0.2, 0.25) is 0 Å². The van der Waals surface area contributed by atoms with Crippen LogP contribution in [-0.2, 0) is 4.74 Å². The minimum atomic E-state index is -0.564. The van der Waals surface area contributed by atoms with Crippen LogP contribution in [0, 0.1) is 0 Å². The molecule has 1 aromatic carbocycles.